The van der Waals surface area contributed by atoms with Crippen LogP contribution in [-0.4, -0.2) is 16.7 Å². The van der Waals surface area contributed by atoms with E-state index in [1.54, 1.807) is 58.9 Å². The van der Waals surface area contributed by atoms with Gasteiger partial charge in [0.05, 0.1) is 34.9 Å². The lowest BCUT2D eigenvalue weighted by Crippen LogP contribution is -2.29. The number of hydrogen-bond acceptors (Lipinski definition) is 5. The Labute approximate surface area is 192 Å². The molecule has 1 N–H and O–H groups in total. The van der Waals surface area contributed by atoms with Gasteiger partial charge in [-0.1, -0.05) is 17.7 Å². The second-order valence-corrected chi connectivity index (χ2v) is 9.61. The molecule has 0 radical (unpaired) electrons. The van der Waals surface area contributed by atoms with E-state index < -0.39 is 0 Å². The van der Waals surface area contributed by atoms with Gasteiger partial charge in [-0.3, -0.25) is 9.59 Å². The largest absolute Gasteiger partial charge is 0.467 e. The number of amides is 2. The molecule has 3 aromatic heterocycles. The molecule has 1 aromatic carbocycles. The van der Waals surface area contributed by atoms with Gasteiger partial charge in [0.25, 0.3) is 11.8 Å². The summed E-state index contributed by atoms with van der Waals surface area (Å²) in [6.45, 7) is 2.83. The molecule has 8 heteroatoms. The van der Waals surface area contributed by atoms with Crippen molar-refractivity contribution >= 4 is 51.8 Å². The SMILES string of the molecule is Cc1ccc(CN(Cc2ccco2)C(=O)c2ccc(Cl)c(NC(=O)c3cccs3)c2)s1. The van der Waals surface area contributed by atoms with E-state index in [-0.39, 0.29) is 11.8 Å². The first kappa shape index (κ1) is 21.4. The molecule has 0 spiro atoms. The van der Waals surface area contributed by atoms with Crippen molar-refractivity contribution < 1.29 is 14.0 Å². The number of benzene rings is 1. The summed E-state index contributed by atoms with van der Waals surface area (Å²) in [5, 5.41) is 4.99. The zero-order chi connectivity index (χ0) is 21.8. The predicted octanol–water partition coefficient (Wildman–Crippen LogP) is 6.46. The molecule has 0 fully saturated rings. The van der Waals surface area contributed by atoms with E-state index in [4.69, 9.17) is 16.0 Å². The molecule has 0 bridgehead atoms. The smallest absolute Gasteiger partial charge is 0.265 e. The number of thiophene rings is 2. The average molecular weight is 471 g/mol. The number of aryl methyl sites for hydroxylation is 1. The second kappa shape index (κ2) is 9.51. The van der Waals surface area contributed by atoms with Crippen LogP contribution in [0, 0.1) is 6.92 Å². The van der Waals surface area contributed by atoms with Gasteiger partial charge in [-0.2, -0.15) is 0 Å². The van der Waals surface area contributed by atoms with Crippen LogP contribution in [0.25, 0.3) is 0 Å². The minimum atomic E-state index is -0.261. The van der Waals surface area contributed by atoms with Crippen LogP contribution < -0.4 is 5.32 Å². The van der Waals surface area contributed by atoms with E-state index >= 15 is 0 Å². The maximum atomic E-state index is 13.4. The van der Waals surface area contributed by atoms with Crippen LogP contribution in [0.2, 0.25) is 5.02 Å². The lowest BCUT2D eigenvalue weighted by atomic mass is 10.1. The molecule has 4 rings (SSSR count). The molecule has 0 saturated heterocycles. The van der Waals surface area contributed by atoms with Crippen molar-refractivity contribution in [2.75, 3.05) is 5.32 Å². The first-order valence-corrected chi connectivity index (χ1v) is 11.6. The highest BCUT2D eigenvalue weighted by atomic mass is 35.5. The Morgan fingerprint density at radius 3 is 2.65 bits per heavy atom. The molecule has 4 aromatic rings. The van der Waals surface area contributed by atoms with Gasteiger partial charge >= 0.3 is 0 Å². The summed E-state index contributed by atoms with van der Waals surface area (Å²) in [4.78, 5) is 30.4. The summed E-state index contributed by atoms with van der Waals surface area (Å²) in [5.41, 5.74) is 0.835. The number of carbonyl (C=O) groups is 2. The number of nitrogens with zero attached hydrogens (tertiary/aromatic N) is 1. The van der Waals surface area contributed by atoms with E-state index in [9.17, 15) is 9.59 Å². The number of hydrogen-bond donors (Lipinski definition) is 1. The van der Waals surface area contributed by atoms with Crippen molar-refractivity contribution in [1.29, 1.82) is 0 Å². The van der Waals surface area contributed by atoms with E-state index in [2.05, 4.69) is 5.32 Å². The van der Waals surface area contributed by atoms with Crippen LogP contribution in [-0.2, 0) is 13.1 Å². The zero-order valence-corrected chi connectivity index (χ0v) is 19.0. The van der Waals surface area contributed by atoms with Gasteiger partial charge in [0.1, 0.15) is 5.76 Å². The fourth-order valence-corrected chi connectivity index (χ4v) is 4.77. The van der Waals surface area contributed by atoms with Crippen molar-refractivity contribution in [2.24, 2.45) is 0 Å². The minimum absolute atomic E-state index is 0.175. The molecule has 0 aliphatic carbocycles. The number of nitrogens with one attached hydrogen (secondary N) is 1. The third-order valence-electron chi connectivity index (χ3n) is 4.56. The zero-order valence-electron chi connectivity index (χ0n) is 16.6. The van der Waals surface area contributed by atoms with Crippen LogP contribution >= 0.6 is 34.3 Å². The summed E-state index contributed by atoms with van der Waals surface area (Å²) in [6, 6.07) is 16.1. The van der Waals surface area contributed by atoms with Gasteiger partial charge in [0.15, 0.2) is 0 Å². The fourth-order valence-electron chi connectivity index (χ4n) is 3.08. The van der Waals surface area contributed by atoms with Gasteiger partial charge < -0.3 is 14.6 Å². The molecule has 0 atom stereocenters. The Balaban J connectivity index is 1.58. The molecule has 0 aliphatic heterocycles. The molecular formula is C23H19ClN2O3S2. The summed E-state index contributed by atoms with van der Waals surface area (Å²) in [5.74, 6) is 0.260. The van der Waals surface area contributed by atoms with E-state index in [0.29, 0.717) is 40.0 Å². The molecule has 5 nitrogen and oxygen atoms in total. The Hall–Kier alpha value is -2.87. The first-order valence-electron chi connectivity index (χ1n) is 9.51. The van der Waals surface area contributed by atoms with Crippen LogP contribution in [0.3, 0.4) is 0 Å². The number of halogens is 1. The number of furan rings is 1. The Morgan fingerprint density at radius 2 is 1.97 bits per heavy atom. The summed E-state index contributed by atoms with van der Waals surface area (Å²) >= 11 is 9.27. The number of anilines is 1. The molecule has 31 heavy (non-hydrogen) atoms. The van der Waals surface area contributed by atoms with Gasteiger partial charge in [-0.05, 0) is 60.8 Å². The van der Waals surface area contributed by atoms with Crippen LogP contribution in [0.1, 0.15) is 35.5 Å². The highest BCUT2D eigenvalue weighted by molar-refractivity contribution is 7.12. The topological polar surface area (TPSA) is 62.6 Å². The van der Waals surface area contributed by atoms with E-state index in [1.165, 1.54) is 16.2 Å². The first-order chi connectivity index (χ1) is 15.0. The van der Waals surface area contributed by atoms with Crippen LogP contribution in [0.15, 0.2) is 70.7 Å². The lowest BCUT2D eigenvalue weighted by molar-refractivity contribution is 0.0719. The molecule has 0 saturated carbocycles. The number of carbonyl (C=O) groups excluding carboxylic acids is 2. The maximum absolute atomic E-state index is 13.4. The average Bonchev–Trinajstić information content (AvgIpc) is 3.52. The third-order valence-corrected chi connectivity index (χ3v) is 6.75. The van der Waals surface area contributed by atoms with Gasteiger partial charge in [-0.25, -0.2) is 0 Å². The van der Waals surface area contributed by atoms with Gasteiger partial charge in [-0.15, -0.1) is 22.7 Å². The van der Waals surface area contributed by atoms with E-state index in [0.717, 1.165) is 4.88 Å². The standard InChI is InChI=1S/C23H19ClN2O3S2/c1-15-6-8-18(31-15)14-26(13-17-4-2-10-29-17)23(28)16-7-9-19(24)20(12-16)25-22(27)21-5-3-11-30-21/h2-12H,13-14H2,1H3,(H,25,27). The van der Waals surface area contributed by atoms with Crippen molar-refractivity contribution in [2.45, 2.75) is 20.0 Å². The Kier molecular flexibility index (Phi) is 6.56. The van der Waals surface area contributed by atoms with E-state index in [1.807, 2.05) is 30.5 Å². The highest BCUT2D eigenvalue weighted by Gasteiger charge is 2.20. The quantitative estimate of drug-likeness (QED) is 0.337. The van der Waals surface area contributed by atoms with Crippen molar-refractivity contribution in [3.63, 3.8) is 0 Å². The van der Waals surface area contributed by atoms with Crippen molar-refractivity contribution in [1.82, 2.24) is 4.90 Å². The van der Waals surface area contributed by atoms with Crippen LogP contribution in [0.4, 0.5) is 5.69 Å². The van der Waals surface area contributed by atoms with Crippen molar-refractivity contribution in [3.8, 4) is 0 Å². The molecule has 158 valence electrons. The fraction of sp³-hybridized carbons (Fsp3) is 0.130. The van der Waals surface area contributed by atoms with Gasteiger partial charge in [0, 0.05) is 15.3 Å². The molecular weight excluding hydrogens is 452 g/mol. The minimum Gasteiger partial charge on any atom is -0.467 e. The Bertz CT molecular complexity index is 1180. The highest BCUT2D eigenvalue weighted by Crippen LogP contribution is 2.26. The molecule has 0 unspecified atom stereocenters. The molecule has 0 aliphatic rings. The molecule has 3 heterocycles. The normalized spacial score (nSPS) is 10.8. The van der Waals surface area contributed by atoms with Crippen molar-refractivity contribution in [3.05, 3.63) is 97.2 Å². The third kappa shape index (κ3) is 5.25. The maximum Gasteiger partial charge on any atom is 0.265 e. The van der Waals surface area contributed by atoms with Gasteiger partial charge in [0.2, 0.25) is 0 Å². The number of rotatable bonds is 7. The molecule has 2 amide bonds. The Morgan fingerprint density at radius 1 is 1.10 bits per heavy atom. The summed E-state index contributed by atoms with van der Waals surface area (Å²) in [7, 11) is 0. The monoisotopic (exact) mass is 470 g/mol. The summed E-state index contributed by atoms with van der Waals surface area (Å²) in [6.07, 6.45) is 1.59. The van der Waals surface area contributed by atoms with Crippen LogP contribution in [0.5, 0.6) is 0 Å². The predicted molar refractivity (Wildman–Crippen MR) is 125 cm³/mol. The second-order valence-electron chi connectivity index (χ2n) is 6.88. The lowest BCUT2D eigenvalue weighted by Gasteiger charge is -2.22. The summed E-state index contributed by atoms with van der Waals surface area (Å²) < 4.78 is 5.46.